The Labute approximate surface area is 185 Å². The van der Waals surface area contributed by atoms with Crippen LogP contribution >= 0.6 is 0 Å². The van der Waals surface area contributed by atoms with E-state index in [0.29, 0.717) is 25.9 Å². The van der Waals surface area contributed by atoms with Crippen molar-refractivity contribution in [1.82, 2.24) is 15.3 Å². The van der Waals surface area contributed by atoms with Crippen molar-refractivity contribution in [3.05, 3.63) is 35.9 Å². The number of ether oxygens (including phenoxy) is 1. The molecular formula is C24H35N3O4. The maximum absolute atomic E-state index is 13.5. The molecular weight excluding hydrogens is 394 g/mol. The van der Waals surface area contributed by atoms with Gasteiger partial charge in [0.1, 0.15) is 11.8 Å². The van der Waals surface area contributed by atoms with Gasteiger partial charge >= 0.3 is 5.97 Å². The number of hydrogen-bond acceptors (Lipinski definition) is 6. The number of nitrogens with one attached hydrogen (secondary N) is 1. The van der Waals surface area contributed by atoms with E-state index in [4.69, 9.17) is 4.74 Å². The van der Waals surface area contributed by atoms with Crippen LogP contribution in [0.4, 0.5) is 0 Å². The highest BCUT2D eigenvalue weighted by Gasteiger charge is 2.40. The molecule has 2 heterocycles. The topological polar surface area (TPSA) is 79.0 Å². The van der Waals surface area contributed by atoms with Gasteiger partial charge in [-0.15, -0.1) is 0 Å². The molecule has 2 aliphatic heterocycles. The lowest BCUT2D eigenvalue weighted by molar-refractivity contribution is -0.162. The lowest BCUT2D eigenvalue weighted by atomic mass is 10.0. The summed E-state index contributed by atoms with van der Waals surface area (Å²) in [7, 11) is 0. The van der Waals surface area contributed by atoms with Crippen LogP contribution in [-0.4, -0.2) is 65.5 Å². The van der Waals surface area contributed by atoms with Gasteiger partial charge in [-0.3, -0.25) is 24.7 Å². The second-order valence-corrected chi connectivity index (χ2v) is 8.53. The fraction of sp³-hybridized carbons (Fsp3) is 0.625. The predicted molar refractivity (Wildman–Crippen MR) is 118 cm³/mol. The largest absolute Gasteiger partial charge is 0.465 e. The summed E-state index contributed by atoms with van der Waals surface area (Å²) in [6, 6.07) is 8.92. The summed E-state index contributed by atoms with van der Waals surface area (Å²) in [6.45, 7) is 5.31. The summed E-state index contributed by atoms with van der Waals surface area (Å²) >= 11 is 0. The zero-order chi connectivity index (χ0) is 22.2. The molecule has 3 rings (SSSR count). The molecule has 7 nitrogen and oxygen atoms in total. The molecule has 2 aliphatic rings. The van der Waals surface area contributed by atoms with E-state index in [9.17, 15) is 14.4 Å². The van der Waals surface area contributed by atoms with Crippen LogP contribution in [0.2, 0.25) is 0 Å². The Hall–Kier alpha value is -2.25. The minimum atomic E-state index is -0.545. The van der Waals surface area contributed by atoms with E-state index in [1.54, 1.807) is 13.8 Å². The van der Waals surface area contributed by atoms with Gasteiger partial charge in [0.25, 0.3) is 5.91 Å². The number of amides is 1. The summed E-state index contributed by atoms with van der Waals surface area (Å²) in [4.78, 5) is 38.0. The number of carbonyl (C=O) groups is 3. The van der Waals surface area contributed by atoms with Gasteiger partial charge in [0.2, 0.25) is 0 Å². The second kappa shape index (κ2) is 11.4. The Morgan fingerprint density at radius 1 is 1.16 bits per heavy atom. The Morgan fingerprint density at radius 2 is 1.87 bits per heavy atom. The molecule has 1 amide bonds. The lowest BCUT2D eigenvalue weighted by Crippen LogP contribution is -2.60. The highest BCUT2D eigenvalue weighted by Crippen LogP contribution is 2.26. The monoisotopic (exact) mass is 429 g/mol. The van der Waals surface area contributed by atoms with Crippen molar-refractivity contribution >= 4 is 17.7 Å². The normalized spacial score (nSPS) is 23.0. The van der Waals surface area contributed by atoms with E-state index >= 15 is 0 Å². The molecule has 0 saturated carbocycles. The Morgan fingerprint density at radius 3 is 2.55 bits per heavy atom. The first kappa shape index (κ1) is 23.4. The number of rotatable bonds is 9. The molecule has 2 fully saturated rings. The third kappa shape index (κ3) is 6.37. The van der Waals surface area contributed by atoms with Gasteiger partial charge in [-0.25, -0.2) is 5.01 Å². The number of benzene rings is 1. The molecule has 0 aliphatic carbocycles. The number of carbonyl (C=O) groups excluding carboxylic acids is 3. The fourth-order valence-electron chi connectivity index (χ4n) is 4.66. The average molecular weight is 430 g/mol. The molecule has 1 aromatic carbocycles. The van der Waals surface area contributed by atoms with Crippen molar-refractivity contribution in [3.63, 3.8) is 0 Å². The molecule has 3 atom stereocenters. The van der Waals surface area contributed by atoms with Crippen molar-refractivity contribution in [2.75, 3.05) is 19.7 Å². The fourth-order valence-corrected chi connectivity index (χ4v) is 4.66. The van der Waals surface area contributed by atoms with Crippen LogP contribution in [0.15, 0.2) is 30.3 Å². The van der Waals surface area contributed by atoms with E-state index in [1.807, 2.05) is 35.3 Å². The molecule has 1 N–H and O–H groups in total. The molecule has 7 heteroatoms. The van der Waals surface area contributed by atoms with Crippen molar-refractivity contribution < 1.29 is 19.1 Å². The molecule has 170 valence electrons. The molecule has 31 heavy (non-hydrogen) atoms. The summed E-state index contributed by atoms with van der Waals surface area (Å²) in [5.41, 5.74) is 1.15. The standard InChI is InChI=1S/C24H35N3O4/c1-3-31-24(30)22(14-13-19-9-5-4-6-10-19)25-21-12-8-16-26-15-7-11-20(17-18(2)28)27(26)23(21)29/h4-6,9-10,20-22,25H,3,7-8,11-17H2,1-2H3/t20-,21?,22-/m0/s1. The maximum Gasteiger partial charge on any atom is 0.323 e. The van der Waals surface area contributed by atoms with Gasteiger partial charge in [-0.05, 0) is 57.9 Å². The van der Waals surface area contributed by atoms with Crippen LogP contribution in [0.3, 0.4) is 0 Å². The van der Waals surface area contributed by atoms with E-state index in [2.05, 4.69) is 10.3 Å². The van der Waals surface area contributed by atoms with Gasteiger partial charge in [0, 0.05) is 19.5 Å². The lowest BCUT2D eigenvalue weighted by Gasteiger charge is -2.44. The third-order valence-corrected chi connectivity index (χ3v) is 6.10. The minimum absolute atomic E-state index is 0.0301. The third-order valence-electron chi connectivity index (χ3n) is 6.10. The van der Waals surface area contributed by atoms with Crippen molar-refractivity contribution in [2.24, 2.45) is 0 Å². The predicted octanol–water partition coefficient (Wildman–Crippen LogP) is 2.49. The second-order valence-electron chi connectivity index (χ2n) is 8.53. The van der Waals surface area contributed by atoms with Crippen LogP contribution < -0.4 is 5.32 Å². The Bertz CT molecular complexity index is 754. The molecule has 1 aromatic rings. The van der Waals surface area contributed by atoms with Gasteiger partial charge in [0.15, 0.2) is 0 Å². The quantitative estimate of drug-likeness (QED) is 0.608. The van der Waals surface area contributed by atoms with Gasteiger partial charge in [-0.1, -0.05) is 30.3 Å². The van der Waals surface area contributed by atoms with Crippen LogP contribution in [0.1, 0.15) is 57.9 Å². The first-order valence-corrected chi connectivity index (χ1v) is 11.5. The van der Waals surface area contributed by atoms with E-state index in [-0.39, 0.29) is 23.7 Å². The highest BCUT2D eigenvalue weighted by atomic mass is 16.5. The van der Waals surface area contributed by atoms with Gasteiger partial charge in [-0.2, -0.15) is 0 Å². The van der Waals surface area contributed by atoms with Crippen LogP contribution in [0.25, 0.3) is 0 Å². The number of esters is 1. The zero-order valence-electron chi connectivity index (χ0n) is 18.7. The number of fused-ring (bicyclic) bond motifs is 1. The SMILES string of the molecule is CCOC(=O)[C@H](CCc1ccccc1)NC1CCCN2CCC[C@@H](CC(C)=O)N2C1=O. The molecule has 1 unspecified atom stereocenters. The maximum atomic E-state index is 13.5. The summed E-state index contributed by atoms with van der Waals surface area (Å²) in [5.74, 6) is -0.246. The molecule has 0 bridgehead atoms. The Kier molecular flexibility index (Phi) is 8.60. The average Bonchev–Trinajstić information content (AvgIpc) is 2.91. The van der Waals surface area contributed by atoms with E-state index in [1.165, 1.54) is 0 Å². The van der Waals surface area contributed by atoms with Crippen molar-refractivity contribution in [2.45, 2.75) is 76.9 Å². The minimum Gasteiger partial charge on any atom is -0.465 e. The first-order chi connectivity index (χ1) is 15.0. The molecule has 0 radical (unpaired) electrons. The van der Waals surface area contributed by atoms with Gasteiger partial charge in [0.05, 0.1) is 18.7 Å². The summed E-state index contributed by atoms with van der Waals surface area (Å²) < 4.78 is 5.30. The van der Waals surface area contributed by atoms with Crippen molar-refractivity contribution in [1.29, 1.82) is 0 Å². The highest BCUT2D eigenvalue weighted by molar-refractivity contribution is 5.84. The number of nitrogens with zero attached hydrogens (tertiary/aromatic N) is 2. The Balaban J connectivity index is 1.73. The molecule has 2 saturated heterocycles. The summed E-state index contributed by atoms with van der Waals surface area (Å²) in [5, 5.41) is 7.25. The number of hydrazine groups is 1. The van der Waals surface area contributed by atoms with Crippen LogP contribution in [0.5, 0.6) is 0 Å². The van der Waals surface area contributed by atoms with Crippen LogP contribution in [0, 0.1) is 0 Å². The summed E-state index contributed by atoms with van der Waals surface area (Å²) in [6.07, 6.45) is 5.02. The first-order valence-electron chi connectivity index (χ1n) is 11.5. The number of aryl methyl sites for hydroxylation is 1. The van der Waals surface area contributed by atoms with E-state index < -0.39 is 12.1 Å². The zero-order valence-corrected chi connectivity index (χ0v) is 18.7. The number of Topliss-reactive ketones (excluding diaryl/α,β-unsaturated/α-hetero) is 1. The molecule has 0 aromatic heterocycles. The van der Waals surface area contributed by atoms with Crippen molar-refractivity contribution in [3.8, 4) is 0 Å². The number of ketones is 1. The number of hydrogen-bond donors (Lipinski definition) is 1. The van der Waals surface area contributed by atoms with E-state index in [0.717, 1.165) is 44.3 Å². The van der Waals surface area contributed by atoms with Crippen LogP contribution in [-0.2, 0) is 25.5 Å². The molecule has 0 spiro atoms. The smallest absolute Gasteiger partial charge is 0.323 e. The van der Waals surface area contributed by atoms with Gasteiger partial charge < -0.3 is 4.74 Å².